The number of carbonyl (C=O) groups is 1. The number of likely N-dealkylation sites (N-methyl/N-ethyl adjacent to an activating group) is 1. The maximum atomic E-state index is 11.9. The molecule has 1 heterocycles. The molecule has 0 bridgehead atoms. The Bertz CT molecular complexity index is 647. The van der Waals surface area contributed by atoms with Crippen LogP contribution in [0.25, 0.3) is 0 Å². The van der Waals surface area contributed by atoms with E-state index in [4.69, 9.17) is 0 Å². The Kier molecular flexibility index (Phi) is 9.01. The van der Waals surface area contributed by atoms with E-state index in [2.05, 4.69) is 51.7 Å². The lowest BCUT2D eigenvalue weighted by Gasteiger charge is -2.20. The van der Waals surface area contributed by atoms with Crippen LogP contribution in [0.2, 0.25) is 0 Å². The standard InChI is InChI=1S/C21H33N5O.HI/c1-16-13-18(15-26(16)19-9-10-19)24-21(23-14-20(27)25(2)3)22-12-11-17-7-5-4-6-8-17;/h4-8,16,18-19H,9-15H2,1-3H3,(H2,22,23,24);1H. The van der Waals surface area contributed by atoms with Gasteiger partial charge < -0.3 is 15.5 Å². The Morgan fingerprint density at radius 1 is 1.25 bits per heavy atom. The first-order valence-corrected chi connectivity index (χ1v) is 10.1. The van der Waals surface area contributed by atoms with Crippen molar-refractivity contribution in [3.05, 3.63) is 35.9 Å². The van der Waals surface area contributed by atoms with Crippen LogP contribution >= 0.6 is 24.0 Å². The zero-order chi connectivity index (χ0) is 19.2. The Morgan fingerprint density at radius 2 is 1.96 bits per heavy atom. The summed E-state index contributed by atoms with van der Waals surface area (Å²) in [5.74, 6) is 0.759. The number of nitrogens with one attached hydrogen (secondary N) is 2. The summed E-state index contributed by atoms with van der Waals surface area (Å²) in [6, 6.07) is 12.2. The van der Waals surface area contributed by atoms with Crippen LogP contribution in [0.3, 0.4) is 0 Å². The maximum absolute atomic E-state index is 11.9. The van der Waals surface area contributed by atoms with E-state index in [1.807, 2.05) is 6.07 Å². The molecule has 7 heteroatoms. The van der Waals surface area contributed by atoms with E-state index in [0.717, 1.165) is 37.9 Å². The molecule has 2 N–H and O–H groups in total. The summed E-state index contributed by atoms with van der Waals surface area (Å²) in [6.07, 6.45) is 4.73. The third-order valence-electron chi connectivity index (χ3n) is 5.40. The largest absolute Gasteiger partial charge is 0.356 e. The van der Waals surface area contributed by atoms with Gasteiger partial charge in [-0.2, -0.15) is 0 Å². The van der Waals surface area contributed by atoms with Gasteiger partial charge in [0.05, 0.1) is 0 Å². The number of amides is 1. The molecule has 1 aromatic rings. The predicted octanol–water partition coefficient (Wildman–Crippen LogP) is 2.10. The average molecular weight is 499 g/mol. The minimum absolute atomic E-state index is 0. The Balaban J connectivity index is 0.00000280. The van der Waals surface area contributed by atoms with E-state index < -0.39 is 0 Å². The number of likely N-dealkylation sites (tertiary alicyclic amines) is 1. The van der Waals surface area contributed by atoms with E-state index in [-0.39, 0.29) is 36.4 Å². The summed E-state index contributed by atoms with van der Waals surface area (Å²) in [5.41, 5.74) is 1.29. The van der Waals surface area contributed by atoms with E-state index in [1.165, 1.54) is 18.4 Å². The Morgan fingerprint density at radius 3 is 2.61 bits per heavy atom. The van der Waals surface area contributed by atoms with Crippen molar-refractivity contribution in [2.75, 3.05) is 33.7 Å². The van der Waals surface area contributed by atoms with E-state index >= 15 is 0 Å². The predicted molar refractivity (Wildman–Crippen MR) is 125 cm³/mol. The molecular formula is C21H34IN5O. The quantitative estimate of drug-likeness (QED) is 0.343. The first-order valence-electron chi connectivity index (χ1n) is 10.1. The third kappa shape index (κ3) is 6.92. The fourth-order valence-corrected chi connectivity index (χ4v) is 3.68. The summed E-state index contributed by atoms with van der Waals surface area (Å²) in [4.78, 5) is 20.7. The summed E-state index contributed by atoms with van der Waals surface area (Å²) in [6.45, 7) is 4.34. The molecule has 3 rings (SSSR count). The van der Waals surface area contributed by atoms with Crippen molar-refractivity contribution in [1.29, 1.82) is 0 Å². The number of aliphatic imine (C=N–C) groups is 1. The average Bonchev–Trinajstić information content (AvgIpc) is 3.43. The fourth-order valence-electron chi connectivity index (χ4n) is 3.68. The second kappa shape index (κ2) is 11.0. The van der Waals surface area contributed by atoms with E-state index in [9.17, 15) is 4.79 Å². The molecule has 1 amide bonds. The van der Waals surface area contributed by atoms with Crippen LogP contribution in [0.1, 0.15) is 31.7 Å². The number of nitrogens with zero attached hydrogens (tertiary/aromatic N) is 3. The first kappa shape index (κ1) is 22.9. The zero-order valence-electron chi connectivity index (χ0n) is 17.2. The van der Waals surface area contributed by atoms with Gasteiger partial charge in [-0.3, -0.25) is 9.69 Å². The molecule has 28 heavy (non-hydrogen) atoms. The molecule has 1 saturated carbocycles. The van der Waals surface area contributed by atoms with Gasteiger partial charge in [0.25, 0.3) is 0 Å². The molecule has 1 aliphatic carbocycles. The minimum atomic E-state index is 0. The molecule has 1 aliphatic heterocycles. The molecule has 0 radical (unpaired) electrons. The number of guanidine groups is 1. The van der Waals surface area contributed by atoms with Gasteiger partial charge in [-0.25, -0.2) is 4.99 Å². The van der Waals surface area contributed by atoms with Gasteiger partial charge in [-0.1, -0.05) is 30.3 Å². The zero-order valence-corrected chi connectivity index (χ0v) is 19.6. The van der Waals surface area contributed by atoms with Crippen LogP contribution in [0.15, 0.2) is 35.3 Å². The smallest absolute Gasteiger partial charge is 0.243 e. The van der Waals surface area contributed by atoms with Crippen LogP contribution in [0.5, 0.6) is 0 Å². The highest BCUT2D eigenvalue weighted by Crippen LogP contribution is 2.33. The Hall–Kier alpha value is -1.35. The van der Waals surface area contributed by atoms with Gasteiger partial charge in [0.1, 0.15) is 6.54 Å². The van der Waals surface area contributed by atoms with E-state index in [1.54, 1.807) is 19.0 Å². The molecule has 1 aromatic carbocycles. The van der Waals surface area contributed by atoms with Crippen LogP contribution in [-0.2, 0) is 11.2 Å². The molecule has 156 valence electrons. The number of halogens is 1. The van der Waals surface area contributed by atoms with Gasteiger partial charge in [0, 0.05) is 45.3 Å². The van der Waals surface area contributed by atoms with Crippen molar-refractivity contribution in [2.45, 2.75) is 50.7 Å². The monoisotopic (exact) mass is 499 g/mol. The summed E-state index contributed by atoms with van der Waals surface area (Å²) in [5, 5.41) is 6.98. The highest BCUT2D eigenvalue weighted by molar-refractivity contribution is 14.0. The lowest BCUT2D eigenvalue weighted by Crippen LogP contribution is -2.45. The number of rotatable bonds is 7. The van der Waals surface area contributed by atoms with Crippen molar-refractivity contribution >= 4 is 35.8 Å². The van der Waals surface area contributed by atoms with Gasteiger partial charge in [-0.15, -0.1) is 24.0 Å². The second-order valence-electron chi connectivity index (χ2n) is 7.97. The normalized spacial score (nSPS) is 22.5. The number of benzene rings is 1. The summed E-state index contributed by atoms with van der Waals surface area (Å²) >= 11 is 0. The molecule has 6 nitrogen and oxygen atoms in total. The van der Waals surface area contributed by atoms with Crippen LogP contribution < -0.4 is 10.6 Å². The molecule has 2 fully saturated rings. The molecule has 0 spiro atoms. The van der Waals surface area contributed by atoms with Crippen LogP contribution in [-0.4, -0.2) is 73.5 Å². The minimum Gasteiger partial charge on any atom is -0.356 e. The van der Waals surface area contributed by atoms with Crippen LogP contribution in [0, 0.1) is 0 Å². The van der Waals surface area contributed by atoms with E-state index in [0.29, 0.717) is 12.1 Å². The van der Waals surface area contributed by atoms with Gasteiger partial charge in [0.15, 0.2) is 5.96 Å². The molecule has 2 atom stereocenters. The number of hydrogen-bond acceptors (Lipinski definition) is 3. The Labute approximate surface area is 186 Å². The topological polar surface area (TPSA) is 60.0 Å². The van der Waals surface area contributed by atoms with Crippen molar-refractivity contribution in [3.8, 4) is 0 Å². The summed E-state index contributed by atoms with van der Waals surface area (Å²) < 4.78 is 0. The molecular weight excluding hydrogens is 465 g/mol. The third-order valence-corrected chi connectivity index (χ3v) is 5.40. The molecule has 2 unspecified atom stereocenters. The molecule has 2 aliphatic rings. The lowest BCUT2D eigenvalue weighted by atomic mass is 10.1. The van der Waals surface area contributed by atoms with Gasteiger partial charge in [-0.05, 0) is 38.2 Å². The first-order chi connectivity index (χ1) is 13.0. The maximum Gasteiger partial charge on any atom is 0.243 e. The van der Waals surface area contributed by atoms with Crippen molar-refractivity contribution < 1.29 is 4.79 Å². The van der Waals surface area contributed by atoms with Crippen molar-refractivity contribution in [3.63, 3.8) is 0 Å². The van der Waals surface area contributed by atoms with Crippen LogP contribution in [0.4, 0.5) is 0 Å². The van der Waals surface area contributed by atoms with Gasteiger partial charge in [0.2, 0.25) is 5.91 Å². The molecule has 0 aromatic heterocycles. The fraction of sp³-hybridized carbons (Fsp3) is 0.619. The molecule has 1 saturated heterocycles. The SMILES string of the molecule is CC1CC(NC(=NCC(=O)N(C)C)NCCc2ccccc2)CN1C1CC1.I. The van der Waals surface area contributed by atoms with Crippen molar-refractivity contribution in [1.82, 2.24) is 20.4 Å². The lowest BCUT2D eigenvalue weighted by molar-refractivity contribution is -0.127. The highest BCUT2D eigenvalue weighted by atomic mass is 127. The van der Waals surface area contributed by atoms with Gasteiger partial charge >= 0.3 is 0 Å². The van der Waals surface area contributed by atoms with Crippen molar-refractivity contribution in [2.24, 2.45) is 4.99 Å². The number of carbonyl (C=O) groups excluding carboxylic acids is 1. The highest BCUT2D eigenvalue weighted by Gasteiger charge is 2.38. The number of hydrogen-bond donors (Lipinski definition) is 2. The second-order valence-corrected chi connectivity index (χ2v) is 7.97. The summed E-state index contributed by atoms with van der Waals surface area (Å²) in [7, 11) is 3.53.